The van der Waals surface area contributed by atoms with E-state index in [1.165, 1.54) is 18.3 Å². The Morgan fingerprint density at radius 3 is 2.47 bits per heavy atom. The summed E-state index contributed by atoms with van der Waals surface area (Å²) in [6.45, 7) is 2.72. The van der Waals surface area contributed by atoms with Gasteiger partial charge < -0.3 is 15.5 Å². The van der Waals surface area contributed by atoms with Crippen LogP contribution < -0.4 is 10.6 Å². The summed E-state index contributed by atoms with van der Waals surface area (Å²) in [5, 5.41) is 7.93. The molecule has 2 aromatic rings. The average Bonchev–Trinajstić information content (AvgIpc) is 3.28. The number of carbonyl (C=O) groups is 3. The number of benzene rings is 1. The van der Waals surface area contributed by atoms with Crippen LogP contribution in [0.4, 0.5) is 0 Å². The van der Waals surface area contributed by atoms with Gasteiger partial charge in [0, 0.05) is 37.4 Å². The molecule has 160 valence electrons. The van der Waals surface area contributed by atoms with Crippen LogP contribution in [0.25, 0.3) is 0 Å². The molecule has 30 heavy (non-hydrogen) atoms. The summed E-state index contributed by atoms with van der Waals surface area (Å²) >= 11 is 1.54. The van der Waals surface area contributed by atoms with E-state index in [2.05, 4.69) is 10.6 Å². The average molecular weight is 428 g/mol. The number of hydrogen-bond donors (Lipinski definition) is 2. The van der Waals surface area contributed by atoms with Crippen molar-refractivity contribution in [1.29, 1.82) is 0 Å². The molecule has 1 unspecified atom stereocenters. The van der Waals surface area contributed by atoms with Gasteiger partial charge >= 0.3 is 0 Å². The van der Waals surface area contributed by atoms with Crippen LogP contribution in [0.2, 0.25) is 0 Å². The summed E-state index contributed by atoms with van der Waals surface area (Å²) in [5.41, 5.74) is 1.16. The Hall–Kier alpha value is -2.67. The number of hydrogen-bond acceptors (Lipinski definition) is 4. The summed E-state index contributed by atoms with van der Waals surface area (Å²) in [7, 11) is 0. The van der Waals surface area contributed by atoms with Gasteiger partial charge in [-0.3, -0.25) is 14.4 Å². The summed E-state index contributed by atoms with van der Waals surface area (Å²) in [4.78, 5) is 39.4. The molecule has 1 aliphatic rings. The van der Waals surface area contributed by atoms with Crippen molar-refractivity contribution in [2.75, 3.05) is 13.1 Å². The first-order chi connectivity index (χ1) is 14.5. The van der Waals surface area contributed by atoms with Crippen molar-refractivity contribution in [2.45, 2.75) is 51.1 Å². The Kier molecular flexibility index (Phi) is 8.02. The zero-order valence-corrected chi connectivity index (χ0v) is 18.1. The lowest BCUT2D eigenvalue weighted by atomic mass is 10.0. The van der Waals surface area contributed by atoms with Gasteiger partial charge in [-0.1, -0.05) is 36.4 Å². The fourth-order valence-electron chi connectivity index (χ4n) is 3.74. The molecular weight excluding hydrogens is 398 g/mol. The lowest BCUT2D eigenvalue weighted by Gasteiger charge is -2.33. The number of rotatable bonds is 8. The zero-order chi connectivity index (χ0) is 21.3. The standard InChI is InChI=1S/C23H29N3O3S/c1-17(27)24-20(21-8-5-15-30-21)16-23(29)26-13-11-19(12-14-26)25-22(28)10-9-18-6-3-2-4-7-18/h2-8,15,19-20H,9-14,16H2,1H3,(H,24,27)(H,25,28). The molecule has 0 bridgehead atoms. The summed E-state index contributed by atoms with van der Waals surface area (Å²) in [6, 6.07) is 13.7. The normalized spacial score (nSPS) is 15.4. The Labute approximate surface area is 181 Å². The van der Waals surface area contributed by atoms with Gasteiger partial charge in [-0.15, -0.1) is 11.3 Å². The lowest BCUT2D eigenvalue weighted by Crippen LogP contribution is -2.47. The molecule has 1 aromatic heterocycles. The van der Waals surface area contributed by atoms with Crippen LogP contribution in [0.3, 0.4) is 0 Å². The van der Waals surface area contributed by atoms with Gasteiger partial charge in [0.15, 0.2) is 0 Å². The minimum Gasteiger partial charge on any atom is -0.353 e. The number of carbonyl (C=O) groups excluding carboxylic acids is 3. The van der Waals surface area contributed by atoms with E-state index in [4.69, 9.17) is 0 Å². The van der Waals surface area contributed by atoms with Gasteiger partial charge in [0.2, 0.25) is 17.7 Å². The third kappa shape index (κ3) is 6.69. The number of piperidine rings is 1. The fourth-order valence-corrected chi connectivity index (χ4v) is 4.51. The molecule has 2 heterocycles. The van der Waals surface area contributed by atoms with Crippen molar-refractivity contribution in [3.63, 3.8) is 0 Å². The first-order valence-corrected chi connectivity index (χ1v) is 11.3. The van der Waals surface area contributed by atoms with Crippen molar-refractivity contribution >= 4 is 29.1 Å². The van der Waals surface area contributed by atoms with Gasteiger partial charge in [-0.25, -0.2) is 0 Å². The molecule has 3 rings (SSSR count). The molecular formula is C23H29N3O3S. The highest BCUT2D eigenvalue weighted by molar-refractivity contribution is 7.10. The van der Waals surface area contributed by atoms with Gasteiger partial charge in [-0.2, -0.15) is 0 Å². The Morgan fingerprint density at radius 2 is 1.83 bits per heavy atom. The molecule has 2 N–H and O–H groups in total. The largest absolute Gasteiger partial charge is 0.353 e. The number of aryl methyl sites for hydroxylation is 1. The van der Waals surface area contributed by atoms with Crippen molar-refractivity contribution in [1.82, 2.24) is 15.5 Å². The third-order valence-electron chi connectivity index (χ3n) is 5.34. The first kappa shape index (κ1) is 22.0. The second-order valence-corrected chi connectivity index (χ2v) is 8.66. The molecule has 6 nitrogen and oxygen atoms in total. The van der Waals surface area contributed by atoms with Gasteiger partial charge in [0.25, 0.3) is 0 Å². The molecule has 1 fully saturated rings. The molecule has 7 heteroatoms. The van der Waals surface area contributed by atoms with E-state index in [1.807, 2.05) is 52.7 Å². The number of nitrogens with one attached hydrogen (secondary N) is 2. The Bertz CT molecular complexity index is 831. The van der Waals surface area contributed by atoms with Crippen LogP contribution in [0.15, 0.2) is 47.8 Å². The molecule has 1 aromatic carbocycles. The second kappa shape index (κ2) is 10.9. The smallest absolute Gasteiger partial charge is 0.225 e. The van der Waals surface area contributed by atoms with Crippen LogP contribution in [-0.2, 0) is 20.8 Å². The predicted molar refractivity (Wildman–Crippen MR) is 118 cm³/mol. The van der Waals surface area contributed by atoms with Crippen LogP contribution >= 0.6 is 11.3 Å². The Morgan fingerprint density at radius 1 is 1.10 bits per heavy atom. The summed E-state index contributed by atoms with van der Waals surface area (Å²) < 4.78 is 0. The first-order valence-electron chi connectivity index (χ1n) is 10.4. The minimum atomic E-state index is -0.287. The molecule has 0 radical (unpaired) electrons. The van der Waals surface area contributed by atoms with Crippen LogP contribution in [0.5, 0.6) is 0 Å². The maximum absolute atomic E-state index is 12.8. The number of likely N-dealkylation sites (tertiary alicyclic amines) is 1. The molecule has 1 saturated heterocycles. The SMILES string of the molecule is CC(=O)NC(CC(=O)N1CCC(NC(=O)CCc2ccccc2)CC1)c1cccs1. The lowest BCUT2D eigenvalue weighted by molar-refractivity contribution is -0.133. The minimum absolute atomic E-state index is 0.0380. The zero-order valence-electron chi connectivity index (χ0n) is 17.3. The van der Waals surface area contributed by atoms with Crippen LogP contribution in [0, 0.1) is 0 Å². The van der Waals surface area contributed by atoms with Crippen molar-refractivity contribution in [2.24, 2.45) is 0 Å². The van der Waals surface area contributed by atoms with Gasteiger partial charge in [0.05, 0.1) is 12.5 Å². The van der Waals surface area contributed by atoms with E-state index < -0.39 is 0 Å². The quantitative estimate of drug-likeness (QED) is 0.680. The van der Waals surface area contributed by atoms with E-state index in [1.54, 1.807) is 0 Å². The summed E-state index contributed by atoms with van der Waals surface area (Å²) in [6.07, 6.45) is 2.98. The molecule has 0 aliphatic carbocycles. The molecule has 1 atom stereocenters. The van der Waals surface area contributed by atoms with E-state index in [9.17, 15) is 14.4 Å². The molecule has 3 amide bonds. The maximum atomic E-state index is 12.8. The number of thiophene rings is 1. The molecule has 0 saturated carbocycles. The highest BCUT2D eigenvalue weighted by Gasteiger charge is 2.26. The van der Waals surface area contributed by atoms with Crippen LogP contribution in [-0.4, -0.2) is 41.8 Å². The van der Waals surface area contributed by atoms with Crippen LogP contribution in [0.1, 0.15) is 49.1 Å². The predicted octanol–water partition coefficient (Wildman–Crippen LogP) is 3.06. The van der Waals surface area contributed by atoms with E-state index >= 15 is 0 Å². The van der Waals surface area contributed by atoms with E-state index in [-0.39, 0.29) is 36.2 Å². The molecule has 0 spiro atoms. The second-order valence-electron chi connectivity index (χ2n) is 7.68. The van der Waals surface area contributed by atoms with Gasteiger partial charge in [0.1, 0.15) is 0 Å². The van der Waals surface area contributed by atoms with Crippen molar-refractivity contribution < 1.29 is 14.4 Å². The van der Waals surface area contributed by atoms with Crippen molar-refractivity contribution in [3.8, 4) is 0 Å². The third-order valence-corrected chi connectivity index (χ3v) is 6.33. The fraction of sp³-hybridized carbons (Fsp3) is 0.435. The Balaban J connectivity index is 1.42. The maximum Gasteiger partial charge on any atom is 0.225 e. The van der Waals surface area contributed by atoms with E-state index in [0.29, 0.717) is 19.5 Å². The molecule has 1 aliphatic heterocycles. The topological polar surface area (TPSA) is 78.5 Å². The number of amides is 3. The van der Waals surface area contributed by atoms with E-state index in [0.717, 1.165) is 29.7 Å². The number of nitrogens with zero attached hydrogens (tertiary/aromatic N) is 1. The highest BCUT2D eigenvalue weighted by Crippen LogP contribution is 2.24. The monoisotopic (exact) mass is 427 g/mol. The highest BCUT2D eigenvalue weighted by atomic mass is 32.1. The summed E-state index contributed by atoms with van der Waals surface area (Å²) in [5.74, 6) is -0.0406. The van der Waals surface area contributed by atoms with Crippen molar-refractivity contribution in [3.05, 3.63) is 58.3 Å². The van der Waals surface area contributed by atoms with Gasteiger partial charge in [-0.05, 0) is 36.3 Å².